The first-order valence-corrected chi connectivity index (χ1v) is 6.07. The van der Waals surface area contributed by atoms with Gasteiger partial charge in [0, 0.05) is 0 Å². The highest BCUT2D eigenvalue weighted by Gasteiger charge is 2.50. The molecule has 0 amide bonds. The first-order chi connectivity index (χ1) is 8.94. The van der Waals surface area contributed by atoms with Crippen molar-refractivity contribution in [3.05, 3.63) is 29.3 Å². The zero-order chi connectivity index (χ0) is 14.2. The van der Waals surface area contributed by atoms with Gasteiger partial charge in [0.25, 0.3) is 0 Å². The van der Waals surface area contributed by atoms with Crippen LogP contribution in [-0.2, 0) is 21.4 Å². The molecule has 0 radical (unpaired) electrons. The van der Waals surface area contributed by atoms with Crippen LogP contribution in [0.25, 0.3) is 0 Å². The topological polar surface area (TPSA) is 75.6 Å². The van der Waals surface area contributed by atoms with E-state index < -0.39 is 17.4 Å². The standard InChI is InChI=1S/C14H17NO4/c1-14(13(17)18)10-7-9(19-3)5-4-8(10)6-11(15-2)12(14)16/h4-5,7,11,15H,6H2,1-3H3,(H,17,18)/t11-,14+/m1/s1. The molecule has 0 aliphatic heterocycles. The SMILES string of the molecule is CN[C@@H]1Cc2ccc(OC)cc2[C@](C)(C(=O)O)C1=O. The molecule has 0 fully saturated rings. The Bertz CT molecular complexity index is 540. The zero-order valence-corrected chi connectivity index (χ0v) is 11.2. The van der Waals surface area contributed by atoms with Crippen molar-refractivity contribution in [1.29, 1.82) is 0 Å². The van der Waals surface area contributed by atoms with Gasteiger partial charge < -0.3 is 15.2 Å². The van der Waals surface area contributed by atoms with Gasteiger partial charge >= 0.3 is 5.97 Å². The second-order valence-corrected chi connectivity index (χ2v) is 4.86. The van der Waals surface area contributed by atoms with Gasteiger partial charge in [-0.15, -0.1) is 0 Å². The summed E-state index contributed by atoms with van der Waals surface area (Å²) in [5.41, 5.74) is -0.143. The van der Waals surface area contributed by atoms with E-state index in [-0.39, 0.29) is 5.78 Å². The summed E-state index contributed by atoms with van der Waals surface area (Å²) in [4.78, 5) is 24.0. The molecule has 5 heteroatoms. The zero-order valence-electron chi connectivity index (χ0n) is 11.2. The Morgan fingerprint density at radius 3 is 2.74 bits per heavy atom. The number of hydrogen-bond acceptors (Lipinski definition) is 4. The average molecular weight is 263 g/mol. The van der Waals surface area contributed by atoms with Crippen molar-refractivity contribution in [3.8, 4) is 5.75 Å². The molecule has 2 rings (SSSR count). The number of aliphatic carboxylic acids is 1. The number of Topliss-reactive ketones (excluding diaryl/α,β-unsaturated/α-hetero) is 1. The van der Waals surface area contributed by atoms with E-state index in [1.54, 1.807) is 19.2 Å². The monoisotopic (exact) mass is 263 g/mol. The lowest BCUT2D eigenvalue weighted by molar-refractivity contribution is -0.149. The van der Waals surface area contributed by atoms with Gasteiger partial charge in [0.15, 0.2) is 11.2 Å². The molecular formula is C14H17NO4. The molecule has 0 aromatic heterocycles. The van der Waals surface area contributed by atoms with Crippen molar-refractivity contribution in [2.45, 2.75) is 24.8 Å². The Morgan fingerprint density at radius 2 is 2.21 bits per heavy atom. The highest BCUT2D eigenvalue weighted by molar-refractivity contribution is 6.12. The molecule has 19 heavy (non-hydrogen) atoms. The maximum atomic E-state index is 12.4. The van der Waals surface area contributed by atoms with Crippen LogP contribution in [0.15, 0.2) is 18.2 Å². The third kappa shape index (κ3) is 1.90. The number of ketones is 1. The lowest BCUT2D eigenvalue weighted by Crippen LogP contribution is -2.55. The van der Waals surface area contributed by atoms with Crippen LogP contribution in [0, 0.1) is 0 Å². The minimum absolute atomic E-state index is 0.316. The fourth-order valence-corrected chi connectivity index (χ4v) is 2.57. The summed E-state index contributed by atoms with van der Waals surface area (Å²) >= 11 is 0. The van der Waals surface area contributed by atoms with Gasteiger partial charge in [-0.05, 0) is 43.7 Å². The minimum Gasteiger partial charge on any atom is -0.497 e. The number of fused-ring (bicyclic) bond motifs is 1. The Morgan fingerprint density at radius 1 is 1.53 bits per heavy atom. The van der Waals surface area contributed by atoms with Gasteiger partial charge in [-0.3, -0.25) is 9.59 Å². The number of ether oxygens (including phenoxy) is 1. The molecule has 0 saturated heterocycles. The van der Waals surface area contributed by atoms with Crippen LogP contribution in [0.3, 0.4) is 0 Å². The number of hydrogen-bond donors (Lipinski definition) is 2. The molecular weight excluding hydrogens is 246 g/mol. The number of carbonyl (C=O) groups excluding carboxylic acids is 1. The number of carbonyl (C=O) groups is 2. The Balaban J connectivity index is 2.66. The number of carboxylic acid groups (broad SMARTS) is 1. The lowest BCUT2D eigenvalue weighted by atomic mass is 9.68. The predicted molar refractivity (Wildman–Crippen MR) is 69.5 cm³/mol. The second-order valence-electron chi connectivity index (χ2n) is 4.86. The molecule has 0 saturated carbocycles. The molecule has 1 aliphatic rings. The van der Waals surface area contributed by atoms with Gasteiger partial charge in [-0.25, -0.2) is 0 Å². The third-order valence-electron chi connectivity index (χ3n) is 3.87. The van der Waals surface area contributed by atoms with Crippen molar-refractivity contribution < 1.29 is 19.4 Å². The van der Waals surface area contributed by atoms with Crippen LogP contribution < -0.4 is 10.1 Å². The quantitative estimate of drug-likeness (QED) is 0.787. The van der Waals surface area contributed by atoms with E-state index in [2.05, 4.69) is 5.32 Å². The fraction of sp³-hybridized carbons (Fsp3) is 0.429. The summed E-state index contributed by atoms with van der Waals surface area (Å²) in [6.45, 7) is 1.46. The minimum atomic E-state index is -1.53. The van der Waals surface area contributed by atoms with E-state index >= 15 is 0 Å². The van der Waals surface area contributed by atoms with Crippen LogP contribution in [-0.4, -0.2) is 37.1 Å². The highest BCUT2D eigenvalue weighted by Crippen LogP contribution is 2.37. The summed E-state index contributed by atoms with van der Waals surface area (Å²) in [6, 6.07) is 4.78. The third-order valence-corrected chi connectivity index (χ3v) is 3.87. The number of benzene rings is 1. The fourth-order valence-electron chi connectivity index (χ4n) is 2.57. The normalized spacial score (nSPS) is 25.8. The van der Waals surface area contributed by atoms with Crippen molar-refractivity contribution in [2.75, 3.05) is 14.2 Å². The first-order valence-electron chi connectivity index (χ1n) is 6.07. The second kappa shape index (κ2) is 4.66. The molecule has 2 N–H and O–H groups in total. The largest absolute Gasteiger partial charge is 0.497 e. The Labute approximate surface area is 111 Å². The smallest absolute Gasteiger partial charge is 0.321 e. The van der Waals surface area contributed by atoms with E-state index in [1.807, 2.05) is 6.07 Å². The first kappa shape index (κ1) is 13.5. The van der Waals surface area contributed by atoms with Gasteiger partial charge in [0.05, 0.1) is 13.2 Å². The average Bonchev–Trinajstić information content (AvgIpc) is 2.42. The van der Waals surface area contributed by atoms with Crippen molar-refractivity contribution >= 4 is 11.8 Å². The van der Waals surface area contributed by atoms with Crippen LogP contribution in [0.5, 0.6) is 5.75 Å². The molecule has 0 bridgehead atoms. The van der Waals surface area contributed by atoms with Gasteiger partial charge in [-0.2, -0.15) is 0 Å². The summed E-state index contributed by atoms with van der Waals surface area (Å²) in [5, 5.41) is 12.4. The van der Waals surface area contributed by atoms with Crippen molar-refractivity contribution in [2.24, 2.45) is 0 Å². The molecule has 2 atom stereocenters. The molecule has 1 aromatic carbocycles. The Kier molecular flexibility index (Phi) is 3.32. The highest BCUT2D eigenvalue weighted by atomic mass is 16.5. The summed E-state index contributed by atoms with van der Waals surface area (Å²) in [6.07, 6.45) is 0.498. The van der Waals surface area contributed by atoms with E-state index in [0.717, 1.165) is 5.56 Å². The van der Waals surface area contributed by atoms with E-state index in [4.69, 9.17) is 4.74 Å². The maximum absolute atomic E-state index is 12.4. The summed E-state index contributed by atoms with van der Waals surface area (Å²) in [5.74, 6) is -0.892. The van der Waals surface area contributed by atoms with Crippen molar-refractivity contribution in [3.63, 3.8) is 0 Å². The van der Waals surface area contributed by atoms with E-state index in [9.17, 15) is 14.7 Å². The summed E-state index contributed by atoms with van der Waals surface area (Å²) in [7, 11) is 3.18. The summed E-state index contributed by atoms with van der Waals surface area (Å²) < 4.78 is 5.12. The number of carboxylic acids is 1. The van der Waals surface area contributed by atoms with Crippen LogP contribution in [0.4, 0.5) is 0 Å². The predicted octanol–water partition coefficient (Wildman–Crippen LogP) is 0.751. The molecule has 0 unspecified atom stereocenters. The lowest BCUT2D eigenvalue weighted by Gasteiger charge is -2.35. The maximum Gasteiger partial charge on any atom is 0.321 e. The van der Waals surface area contributed by atoms with Crippen LogP contribution in [0.1, 0.15) is 18.1 Å². The molecule has 5 nitrogen and oxygen atoms in total. The molecule has 1 aromatic rings. The molecule has 0 spiro atoms. The number of nitrogens with one attached hydrogen (secondary N) is 1. The number of methoxy groups -OCH3 is 1. The van der Waals surface area contributed by atoms with Gasteiger partial charge in [-0.1, -0.05) is 6.07 Å². The molecule has 102 valence electrons. The Hall–Kier alpha value is -1.88. The van der Waals surface area contributed by atoms with Crippen LogP contribution >= 0.6 is 0 Å². The van der Waals surface area contributed by atoms with Crippen LogP contribution in [0.2, 0.25) is 0 Å². The number of likely N-dealkylation sites (N-methyl/N-ethyl adjacent to an activating group) is 1. The van der Waals surface area contributed by atoms with E-state index in [1.165, 1.54) is 14.0 Å². The van der Waals surface area contributed by atoms with Gasteiger partial charge in [0.2, 0.25) is 0 Å². The van der Waals surface area contributed by atoms with E-state index in [0.29, 0.717) is 17.7 Å². The van der Waals surface area contributed by atoms with Gasteiger partial charge in [0.1, 0.15) is 5.75 Å². The van der Waals surface area contributed by atoms with Crippen molar-refractivity contribution in [1.82, 2.24) is 5.32 Å². The molecule has 1 aliphatic carbocycles. The number of rotatable bonds is 3. The molecule has 0 heterocycles.